The van der Waals surface area contributed by atoms with Gasteiger partial charge in [-0.25, -0.2) is 9.78 Å². The molecule has 1 aromatic carbocycles. The summed E-state index contributed by atoms with van der Waals surface area (Å²) in [5, 5.41) is 9.67. The number of carbonyl (C=O) groups is 1. The number of benzene rings is 1. The topological polar surface area (TPSA) is 55.1 Å². The first kappa shape index (κ1) is 11.3. The van der Waals surface area contributed by atoms with Gasteiger partial charge in [0.1, 0.15) is 11.4 Å². The van der Waals surface area contributed by atoms with E-state index in [4.69, 9.17) is 0 Å². The average Bonchev–Trinajstić information content (AvgIpc) is 2.92. The van der Waals surface area contributed by atoms with E-state index in [-0.39, 0.29) is 0 Å². The Hall–Kier alpha value is -1.84. The Kier molecular flexibility index (Phi) is 2.40. The van der Waals surface area contributed by atoms with Crippen LogP contribution in [0.25, 0.3) is 11.0 Å². The van der Waals surface area contributed by atoms with Crippen molar-refractivity contribution in [2.24, 2.45) is 0 Å². The van der Waals surface area contributed by atoms with Crippen LogP contribution >= 0.6 is 0 Å². The first-order chi connectivity index (χ1) is 8.65. The van der Waals surface area contributed by atoms with Crippen LogP contribution in [0.4, 0.5) is 0 Å². The summed E-state index contributed by atoms with van der Waals surface area (Å²) in [4.78, 5) is 16.3. The number of hydrogen-bond acceptors (Lipinski definition) is 2. The smallest absolute Gasteiger partial charge is 0.329 e. The average molecular weight is 244 g/mol. The maximum Gasteiger partial charge on any atom is 0.329 e. The Morgan fingerprint density at radius 2 is 2.00 bits per heavy atom. The van der Waals surface area contributed by atoms with Crippen LogP contribution in [-0.2, 0) is 10.3 Å². The van der Waals surface area contributed by atoms with E-state index in [1.165, 1.54) is 0 Å². The molecule has 0 unspecified atom stereocenters. The molecule has 0 radical (unpaired) electrons. The molecule has 1 aliphatic rings. The van der Waals surface area contributed by atoms with Crippen molar-refractivity contribution >= 4 is 17.0 Å². The second kappa shape index (κ2) is 3.83. The Labute approximate surface area is 105 Å². The maximum absolute atomic E-state index is 11.8. The number of carboxylic acids is 1. The van der Waals surface area contributed by atoms with Crippen LogP contribution in [0.5, 0.6) is 0 Å². The number of imidazole rings is 1. The van der Waals surface area contributed by atoms with E-state index in [1.807, 2.05) is 35.8 Å². The molecule has 4 nitrogen and oxygen atoms in total. The Morgan fingerprint density at radius 1 is 1.33 bits per heavy atom. The summed E-state index contributed by atoms with van der Waals surface area (Å²) in [7, 11) is 0. The molecule has 0 saturated heterocycles. The number of aromatic nitrogens is 2. The first-order valence-electron chi connectivity index (χ1n) is 6.33. The van der Waals surface area contributed by atoms with Gasteiger partial charge in [-0.1, -0.05) is 25.0 Å². The molecule has 0 spiro atoms. The van der Waals surface area contributed by atoms with E-state index in [1.54, 1.807) is 0 Å². The summed E-state index contributed by atoms with van der Waals surface area (Å²) in [5.74, 6) is 0.0618. The van der Waals surface area contributed by atoms with Gasteiger partial charge in [0, 0.05) is 0 Å². The van der Waals surface area contributed by atoms with Crippen LogP contribution in [0.2, 0.25) is 0 Å². The van der Waals surface area contributed by atoms with Gasteiger partial charge in [0.25, 0.3) is 0 Å². The molecule has 0 atom stereocenters. The predicted octanol–water partition coefficient (Wildman–Crippen LogP) is 2.70. The van der Waals surface area contributed by atoms with Gasteiger partial charge in [0.2, 0.25) is 0 Å². The largest absolute Gasteiger partial charge is 0.479 e. The molecule has 1 aromatic heterocycles. The number of aryl methyl sites for hydroxylation is 1. The van der Waals surface area contributed by atoms with Gasteiger partial charge in [0.15, 0.2) is 0 Å². The zero-order valence-corrected chi connectivity index (χ0v) is 10.4. The minimum absolute atomic E-state index is 0.698. The molecular weight excluding hydrogens is 228 g/mol. The van der Waals surface area contributed by atoms with Crippen LogP contribution in [0.3, 0.4) is 0 Å². The zero-order valence-electron chi connectivity index (χ0n) is 10.4. The normalized spacial score (nSPS) is 18.3. The number of rotatable bonds is 2. The highest BCUT2D eigenvalue weighted by molar-refractivity contribution is 5.83. The van der Waals surface area contributed by atoms with Gasteiger partial charge in [0.05, 0.1) is 11.0 Å². The predicted molar refractivity (Wildman–Crippen MR) is 68.5 cm³/mol. The molecule has 18 heavy (non-hydrogen) atoms. The van der Waals surface area contributed by atoms with E-state index >= 15 is 0 Å². The fourth-order valence-electron chi connectivity index (χ4n) is 3.18. The molecule has 1 aliphatic carbocycles. The molecule has 0 amide bonds. The van der Waals surface area contributed by atoms with Crippen molar-refractivity contribution in [1.29, 1.82) is 0 Å². The van der Waals surface area contributed by atoms with Crippen molar-refractivity contribution in [3.8, 4) is 0 Å². The third-order valence-corrected chi connectivity index (χ3v) is 3.99. The van der Waals surface area contributed by atoms with Gasteiger partial charge in [-0.05, 0) is 31.9 Å². The van der Waals surface area contributed by atoms with E-state index in [0.717, 1.165) is 29.7 Å². The molecule has 1 heterocycles. The van der Waals surface area contributed by atoms with Crippen LogP contribution in [0, 0.1) is 6.92 Å². The third kappa shape index (κ3) is 1.38. The summed E-state index contributed by atoms with van der Waals surface area (Å²) >= 11 is 0. The van der Waals surface area contributed by atoms with E-state index in [2.05, 4.69) is 4.98 Å². The second-order valence-electron chi connectivity index (χ2n) is 5.03. The minimum atomic E-state index is -0.791. The lowest BCUT2D eigenvalue weighted by Gasteiger charge is -2.28. The monoisotopic (exact) mass is 244 g/mol. The molecular formula is C14H16N2O2. The number of nitrogens with zero attached hydrogens (tertiary/aromatic N) is 2. The Bertz CT molecular complexity index is 609. The molecule has 0 bridgehead atoms. The van der Waals surface area contributed by atoms with Crippen LogP contribution in [0.1, 0.15) is 31.5 Å². The van der Waals surface area contributed by atoms with Gasteiger partial charge in [-0.15, -0.1) is 0 Å². The molecule has 0 aliphatic heterocycles. The standard InChI is InChI=1S/C14H16N2O2/c1-10-15-11-6-2-3-7-12(11)16(10)14(13(17)18)8-4-5-9-14/h2-3,6-7H,4-5,8-9H2,1H3,(H,17,18). The van der Waals surface area contributed by atoms with Crippen molar-refractivity contribution in [3.05, 3.63) is 30.1 Å². The molecule has 2 aromatic rings. The number of para-hydroxylation sites is 2. The quantitative estimate of drug-likeness (QED) is 0.883. The van der Waals surface area contributed by atoms with Crippen LogP contribution in [-0.4, -0.2) is 20.6 Å². The van der Waals surface area contributed by atoms with Gasteiger partial charge < -0.3 is 9.67 Å². The van der Waals surface area contributed by atoms with Crippen molar-refractivity contribution < 1.29 is 9.90 Å². The Morgan fingerprint density at radius 3 is 2.67 bits per heavy atom. The fourth-order valence-corrected chi connectivity index (χ4v) is 3.18. The molecule has 94 valence electrons. The van der Waals surface area contributed by atoms with Crippen molar-refractivity contribution in [1.82, 2.24) is 9.55 Å². The SMILES string of the molecule is Cc1nc2ccccc2n1C1(C(=O)O)CCCC1. The van der Waals surface area contributed by atoms with Crippen LogP contribution < -0.4 is 0 Å². The van der Waals surface area contributed by atoms with E-state index in [9.17, 15) is 9.90 Å². The van der Waals surface area contributed by atoms with Crippen molar-refractivity contribution in [3.63, 3.8) is 0 Å². The zero-order chi connectivity index (χ0) is 12.8. The Balaban J connectivity index is 2.30. The number of fused-ring (bicyclic) bond motifs is 1. The molecule has 1 N–H and O–H groups in total. The first-order valence-corrected chi connectivity index (χ1v) is 6.33. The molecule has 1 saturated carbocycles. The third-order valence-electron chi connectivity index (χ3n) is 3.99. The highest BCUT2D eigenvalue weighted by atomic mass is 16.4. The molecule has 3 rings (SSSR count). The fraction of sp³-hybridized carbons (Fsp3) is 0.429. The summed E-state index contributed by atoms with van der Waals surface area (Å²) < 4.78 is 1.93. The highest BCUT2D eigenvalue weighted by Gasteiger charge is 2.44. The van der Waals surface area contributed by atoms with Crippen molar-refractivity contribution in [2.45, 2.75) is 38.1 Å². The number of carboxylic acid groups (broad SMARTS) is 1. The minimum Gasteiger partial charge on any atom is -0.479 e. The van der Waals surface area contributed by atoms with E-state index in [0.29, 0.717) is 12.8 Å². The summed E-state index contributed by atoms with van der Waals surface area (Å²) in [5.41, 5.74) is 1.02. The second-order valence-corrected chi connectivity index (χ2v) is 5.03. The van der Waals surface area contributed by atoms with Crippen LogP contribution in [0.15, 0.2) is 24.3 Å². The summed E-state index contributed by atoms with van der Waals surface area (Å²) in [6.07, 6.45) is 3.34. The molecule has 4 heteroatoms. The number of hydrogen-bond donors (Lipinski definition) is 1. The highest BCUT2D eigenvalue weighted by Crippen LogP contribution is 2.39. The number of aliphatic carboxylic acids is 1. The summed E-state index contributed by atoms with van der Waals surface area (Å²) in [6, 6.07) is 7.76. The van der Waals surface area contributed by atoms with E-state index < -0.39 is 11.5 Å². The lowest BCUT2D eigenvalue weighted by Crippen LogP contribution is -2.39. The lowest BCUT2D eigenvalue weighted by atomic mass is 9.97. The lowest BCUT2D eigenvalue weighted by molar-refractivity contribution is -0.147. The maximum atomic E-state index is 11.8. The molecule has 1 fully saturated rings. The van der Waals surface area contributed by atoms with Crippen molar-refractivity contribution in [2.75, 3.05) is 0 Å². The van der Waals surface area contributed by atoms with Gasteiger partial charge >= 0.3 is 5.97 Å². The van der Waals surface area contributed by atoms with Gasteiger partial charge in [-0.3, -0.25) is 0 Å². The summed E-state index contributed by atoms with van der Waals surface area (Å²) in [6.45, 7) is 1.89. The van der Waals surface area contributed by atoms with Gasteiger partial charge in [-0.2, -0.15) is 0 Å².